The summed E-state index contributed by atoms with van der Waals surface area (Å²) in [5, 5.41) is 12.1. The first-order valence-corrected chi connectivity index (χ1v) is 9.43. The number of hydrogen-bond acceptors (Lipinski definition) is 10. The molecule has 2 aromatic heterocycles. The second-order valence-corrected chi connectivity index (χ2v) is 7.16. The molecule has 12 heteroatoms. The zero-order chi connectivity index (χ0) is 21.3. The van der Waals surface area contributed by atoms with Crippen molar-refractivity contribution in [3.63, 3.8) is 0 Å². The number of thiazole rings is 1. The Balaban J connectivity index is 2.09. The van der Waals surface area contributed by atoms with Crippen molar-refractivity contribution < 1.29 is 43.0 Å². The second-order valence-electron chi connectivity index (χ2n) is 6.28. The van der Waals surface area contributed by atoms with Gasteiger partial charge in [0, 0.05) is 26.2 Å². The molecule has 156 valence electrons. The Kier molecular flexibility index (Phi) is 5.84. The third-order valence-electron chi connectivity index (χ3n) is 4.13. The fraction of sp³-hybridized carbons (Fsp3) is 0.471. The Morgan fingerprint density at radius 1 is 1.17 bits per heavy atom. The molecule has 0 aliphatic carbocycles. The summed E-state index contributed by atoms with van der Waals surface area (Å²) < 4.78 is 24.0. The quantitative estimate of drug-likeness (QED) is 0.387. The van der Waals surface area contributed by atoms with Crippen molar-refractivity contribution >= 4 is 34.2 Å². The van der Waals surface area contributed by atoms with Gasteiger partial charge in [-0.25, -0.2) is 4.79 Å². The maximum atomic E-state index is 12.1. The van der Waals surface area contributed by atoms with E-state index in [-0.39, 0.29) is 6.61 Å². The van der Waals surface area contributed by atoms with Crippen LogP contribution in [-0.2, 0) is 33.3 Å². The first kappa shape index (κ1) is 20.7. The molecule has 0 radical (unpaired) electrons. The van der Waals surface area contributed by atoms with Gasteiger partial charge in [0.25, 0.3) is 5.88 Å². The number of fused-ring (bicyclic) bond motifs is 1. The van der Waals surface area contributed by atoms with E-state index < -0.39 is 53.9 Å². The van der Waals surface area contributed by atoms with Crippen LogP contribution in [0.3, 0.4) is 0 Å². The Bertz CT molecular complexity index is 1010. The topological polar surface area (TPSA) is 134 Å². The molecule has 0 saturated carbocycles. The van der Waals surface area contributed by atoms with Gasteiger partial charge in [-0.05, 0) is 0 Å². The monoisotopic (exact) mass is 427 g/mol. The van der Waals surface area contributed by atoms with Crippen LogP contribution in [0.5, 0.6) is 5.88 Å². The molecule has 29 heavy (non-hydrogen) atoms. The molecule has 1 fully saturated rings. The molecule has 0 unspecified atom stereocenters. The Morgan fingerprint density at radius 3 is 2.45 bits per heavy atom. The molecule has 1 saturated heterocycles. The van der Waals surface area contributed by atoms with E-state index in [0.29, 0.717) is 4.96 Å². The van der Waals surface area contributed by atoms with Gasteiger partial charge in [0.15, 0.2) is 6.10 Å². The molecule has 0 amide bonds. The van der Waals surface area contributed by atoms with Crippen LogP contribution in [0.15, 0.2) is 22.4 Å². The minimum absolute atomic E-state index is 0.275. The van der Waals surface area contributed by atoms with Crippen molar-refractivity contribution in [2.75, 3.05) is 6.61 Å². The van der Waals surface area contributed by atoms with Crippen LogP contribution in [0.2, 0.25) is 0 Å². The van der Waals surface area contributed by atoms with Gasteiger partial charge in [0.2, 0.25) is 12.3 Å². The number of aromatic hydroxyl groups is 1. The van der Waals surface area contributed by atoms with Gasteiger partial charge in [-0.2, -0.15) is 8.97 Å². The summed E-state index contributed by atoms with van der Waals surface area (Å²) in [5.74, 6) is -2.35. The molecule has 3 heterocycles. The Hall–Kier alpha value is -2.99. The van der Waals surface area contributed by atoms with Crippen molar-refractivity contribution in [3.05, 3.63) is 28.0 Å². The highest BCUT2D eigenvalue weighted by atomic mass is 32.1. The smallest absolute Gasteiger partial charge is 0.353 e. The van der Waals surface area contributed by atoms with Gasteiger partial charge < -0.3 is 24.1 Å². The van der Waals surface area contributed by atoms with Crippen LogP contribution >= 0.6 is 11.3 Å². The van der Waals surface area contributed by atoms with E-state index in [0.717, 1.165) is 17.4 Å². The molecule has 1 aliphatic heterocycles. The van der Waals surface area contributed by atoms with Crippen LogP contribution in [0.1, 0.15) is 27.0 Å². The van der Waals surface area contributed by atoms with E-state index in [2.05, 4.69) is 0 Å². The van der Waals surface area contributed by atoms with Crippen molar-refractivity contribution in [2.24, 2.45) is 0 Å². The van der Waals surface area contributed by atoms with E-state index in [1.54, 1.807) is 5.38 Å². The van der Waals surface area contributed by atoms with Crippen molar-refractivity contribution in [3.8, 4) is 5.88 Å². The number of carbonyl (C=O) groups excluding carboxylic acids is 3. The predicted molar refractivity (Wildman–Crippen MR) is 95.1 cm³/mol. The molecular formula is C17H19N2O9S+. The van der Waals surface area contributed by atoms with Crippen molar-refractivity contribution in [1.29, 1.82) is 0 Å². The summed E-state index contributed by atoms with van der Waals surface area (Å²) in [6, 6.07) is 0.980. The minimum Gasteiger partial charge on any atom is -0.477 e. The Labute approximate surface area is 168 Å². The standard InChI is InChI=1S/C17H18N2O9S/c1-8(20)25-7-11-14(26-9(2)21)15(27-10(3)22)16(28-11)19-13(24)6-12(23)18-4-5-29-17(18)19/h4-6,11,14-16H,7H2,1-3H3/p+1/t11-,14+,15-,16+/m0/s1. The molecule has 1 N–H and O–H groups in total. The maximum Gasteiger partial charge on any atom is 0.353 e. The average Bonchev–Trinajstić information content (AvgIpc) is 3.20. The van der Waals surface area contributed by atoms with Gasteiger partial charge in [-0.15, -0.1) is 0 Å². The van der Waals surface area contributed by atoms with Gasteiger partial charge in [-0.1, -0.05) is 11.3 Å². The zero-order valence-electron chi connectivity index (χ0n) is 15.8. The lowest BCUT2D eigenvalue weighted by atomic mass is 10.1. The fourth-order valence-electron chi connectivity index (χ4n) is 3.10. The molecule has 0 aromatic carbocycles. The molecule has 0 spiro atoms. The summed E-state index contributed by atoms with van der Waals surface area (Å²) in [6.07, 6.45) is -2.90. The van der Waals surface area contributed by atoms with Gasteiger partial charge >= 0.3 is 28.4 Å². The molecule has 4 atom stereocenters. The van der Waals surface area contributed by atoms with Crippen molar-refractivity contribution in [1.82, 2.24) is 4.40 Å². The second kappa shape index (κ2) is 8.17. The van der Waals surface area contributed by atoms with E-state index in [9.17, 15) is 24.3 Å². The lowest BCUT2D eigenvalue weighted by molar-refractivity contribution is -0.748. The predicted octanol–water partition coefficient (Wildman–Crippen LogP) is -0.322. The molecule has 1 aliphatic rings. The first-order valence-electron chi connectivity index (χ1n) is 8.55. The number of hydrogen-bond donors (Lipinski definition) is 1. The number of aromatic nitrogens is 2. The zero-order valence-corrected chi connectivity index (χ0v) is 16.6. The number of ether oxygens (including phenoxy) is 4. The van der Waals surface area contributed by atoms with E-state index in [1.807, 2.05) is 0 Å². The van der Waals surface area contributed by atoms with Crippen molar-refractivity contribution in [2.45, 2.75) is 45.3 Å². The van der Waals surface area contributed by atoms with Crippen LogP contribution < -0.4 is 10.1 Å². The highest BCUT2D eigenvalue weighted by Crippen LogP contribution is 2.33. The minimum atomic E-state index is -1.17. The lowest BCUT2D eigenvalue weighted by Gasteiger charge is -2.22. The average molecular weight is 427 g/mol. The van der Waals surface area contributed by atoms with Gasteiger partial charge in [0.1, 0.15) is 25.0 Å². The third kappa shape index (κ3) is 4.22. The largest absolute Gasteiger partial charge is 0.477 e. The van der Waals surface area contributed by atoms with Crippen LogP contribution in [-0.4, -0.2) is 52.3 Å². The van der Waals surface area contributed by atoms with E-state index >= 15 is 0 Å². The number of carbonyl (C=O) groups is 3. The highest BCUT2D eigenvalue weighted by molar-refractivity contribution is 7.14. The van der Waals surface area contributed by atoms with Crippen LogP contribution in [0.4, 0.5) is 0 Å². The molecule has 11 nitrogen and oxygen atoms in total. The van der Waals surface area contributed by atoms with Crippen LogP contribution in [0, 0.1) is 0 Å². The Morgan fingerprint density at radius 2 is 1.83 bits per heavy atom. The first-order chi connectivity index (χ1) is 13.7. The van der Waals surface area contributed by atoms with Gasteiger partial charge in [-0.3, -0.25) is 14.4 Å². The summed E-state index contributed by atoms with van der Waals surface area (Å²) in [7, 11) is 0. The highest BCUT2D eigenvalue weighted by Gasteiger charge is 2.54. The normalized spacial score (nSPS) is 23.7. The third-order valence-corrected chi connectivity index (χ3v) is 4.99. The van der Waals surface area contributed by atoms with E-state index in [4.69, 9.17) is 18.9 Å². The SMILES string of the molecule is CC(=O)OC[C@@H]1O[C@@H]([n+]2c(O)cc(=O)n3ccsc32)[C@@H](OC(C)=O)[C@@H]1OC(C)=O. The molecular weight excluding hydrogens is 408 g/mol. The van der Waals surface area contributed by atoms with Gasteiger partial charge in [0.05, 0.1) is 0 Å². The lowest BCUT2D eigenvalue weighted by Crippen LogP contribution is -2.50. The summed E-state index contributed by atoms with van der Waals surface area (Å²) in [4.78, 5) is 46.9. The summed E-state index contributed by atoms with van der Waals surface area (Å²) in [6.45, 7) is 3.27. The maximum absolute atomic E-state index is 12.1. The van der Waals surface area contributed by atoms with E-state index in [1.165, 1.54) is 35.9 Å². The summed E-state index contributed by atoms with van der Waals surface area (Å²) in [5.41, 5.74) is -0.468. The number of nitrogens with zero attached hydrogens (tertiary/aromatic N) is 2. The molecule has 0 bridgehead atoms. The number of esters is 3. The fourth-order valence-corrected chi connectivity index (χ4v) is 3.98. The molecule has 2 aromatic rings. The number of rotatable bonds is 5. The van der Waals surface area contributed by atoms with Crippen LogP contribution in [0.25, 0.3) is 4.96 Å². The molecule has 3 rings (SSSR count). The summed E-state index contributed by atoms with van der Waals surface area (Å²) >= 11 is 1.14.